The Labute approximate surface area is 105 Å². The van der Waals surface area contributed by atoms with Crippen molar-refractivity contribution in [3.05, 3.63) is 53.3 Å². The monoisotopic (exact) mass is 242 g/mol. The molecule has 2 aromatic rings. The summed E-state index contributed by atoms with van der Waals surface area (Å²) in [5.41, 5.74) is 2.31. The maximum atomic E-state index is 12.0. The summed E-state index contributed by atoms with van der Waals surface area (Å²) in [6.07, 6.45) is 1.66. The second kappa shape index (κ2) is 4.87. The molecule has 0 aliphatic carbocycles. The Morgan fingerprint density at radius 3 is 2.72 bits per heavy atom. The standard InChI is InChI=1S/C14H14N2O2/c1-9-5-3-6-11(13(9)17)14(18)16-12-7-4-8-15-10(12)2/h3-8,17H,1-2H3,(H,16,18). The Hall–Kier alpha value is -2.36. The molecule has 0 saturated heterocycles. The van der Waals surface area contributed by atoms with Crippen LogP contribution in [0, 0.1) is 13.8 Å². The van der Waals surface area contributed by atoms with Gasteiger partial charge >= 0.3 is 0 Å². The zero-order chi connectivity index (χ0) is 13.1. The Bertz CT molecular complexity index is 594. The van der Waals surface area contributed by atoms with Crippen LogP contribution in [0.2, 0.25) is 0 Å². The summed E-state index contributed by atoms with van der Waals surface area (Å²) in [6.45, 7) is 3.56. The number of benzene rings is 1. The first kappa shape index (κ1) is 12.1. The van der Waals surface area contributed by atoms with Gasteiger partial charge in [-0.15, -0.1) is 0 Å². The lowest BCUT2D eigenvalue weighted by atomic mass is 10.1. The van der Waals surface area contributed by atoms with E-state index >= 15 is 0 Å². The fourth-order valence-corrected chi connectivity index (χ4v) is 1.65. The Kier molecular flexibility index (Phi) is 3.28. The number of hydrogen-bond donors (Lipinski definition) is 2. The van der Waals surface area contributed by atoms with E-state index in [0.29, 0.717) is 11.3 Å². The first-order valence-corrected chi connectivity index (χ1v) is 5.61. The SMILES string of the molecule is Cc1cccc(C(=O)Nc2cccnc2C)c1O. The maximum Gasteiger partial charge on any atom is 0.259 e. The molecule has 0 atom stereocenters. The van der Waals surface area contributed by atoms with Crippen LogP contribution in [0.15, 0.2) is 36.5 Å². The number of anilines is 1. The summed E-state index contributed by atoms with van der Waals surface area (Å²) in [5, 5.41) is 12.6. The van der Waals surface area contributed by atoms with Crippen LogP contribution in [0.5, 0.6) is 5.75 Å². The van der Waals surface area contributed by atoms with E-state index in [-0.39, 0.29) is 17.2 Å². The summed E-state index contributed by atoms with van der Waals surface area (Å²) in [4.78, 5) is 16.1. The molecule has 1 amide bonds. The average Bonchev–Trinajstić information content (AvgIpc) is 2.35. The van der Waals surface area contributed by atoms with E-state index in [1.165, 1.54) is 0 Å². The summed E-state index contributed by atoms with van der Waals surface area (Å²) < 4.78 is 0. The van der Waals surface area contributed by atoms with Crippen molar-refractivity contribution in [3.63, 3.8) is 0 Å². The van der Waals surface area contributed by atoms with E-state index in [9.17, 15) is 9.90 Å². The lowest BCUT2D eigenvalue weighted by molar-refractivity contribution is 0.102. The van der Waals surface area contributed by atoms with Gasteiger partial charge in [-0.25, -0.2) is 0 Å². The third kappa shape index (κ3) is 2.32. The molecule has 92 valence electrons. The van der Waals surface area contributed by atoms with Crippen LogP contribution in [0.4, 0.5) is 5.69 Å². The molecule has 0 fully saturated rings. The number of rotatable bonds is 2. The van der Waals surface area contributed by atoms with Crippen molar-refractivity contribution < 1.29 is 9.90 Å². The number of phenolic OH excluding ortho intramolecular Hbond substituents is 1. The van der Waals surface area contributed by atoms with Crippen molar-refractivity contribution in [2.24, 2.45) is 0 Å². The lowest BCUT2D eigenvalue weighted by Crippen LogP contribution is -2.13. The Morgan fingerprint density at radius 2 is 2.00 bits per heavy atom. The van der Waals surface area contributed by atoms with Gasteiger partial charge < -0.3 is 10.4 Å². The van der Waals surface area contributed by atoms with Gasteiger partial charge in [0.2, 0.25) is 0 Å². The maximum absolute atomic E-state index is 12.0. The van der Waals surface area contributed by atoms with Gasteiger partial charge in [0, 0.05) is 6.20 Å². The quantitative estimate of drug-likeness (QED) is 0.851. The number of amides is 1. The Morgan fingerprint density at radius 1 is 1.22 bits per heavy atom. The van der Waals surface area contributed by atoms with Crippen LogP contribution < -0.4 is 5.32 Å². The van der Waals surface area contributed by atoms with Gasteiger partial charge in [0.05, 0.1) is 16.9 Å². The molecule has 0 saturated carbocycles. The number of carbonyl (C=O) groups excluding carboxylic acids is 1. The highest BCUT2D eigenvalue weighted by atomic mass is 16.3. The summed E-state index contributed by atoms with van der Waals surface area (Å²) >= 11 is 0. The number of hydrogen-bond acceptors (Lipinski definition) is 3. The van der Waals surface area contributed by atoms with E-state index in [0.717, 1.165) is 5.69 Å². The lowest BCUT2D eigenvalue weighted by Gasteiger charge is -2.09. The number of aromatic hydroxyl groups is 1. The van der Waals surface area contributed by atoms with Crippen molar-refractivity contribution in [3.8, 4) is 5.75 Å². The van der Waals surface area contributed by atoms with Crippen molar-refractivity contribution in [2.75, 3.05) is 5.32 Å². The van der Waals surface area contributed by atoms with Gasteiger partial charge in [0.1, 0.15) is 5.75 Å². The predicted octanol–water partition coefficient (Wildman–Crippen LogP) is 2.66. The normalized spacial score (nSPS) is 10.1. The highest BCUT2D eigenvalue weighted by Crippen LogP contribution is 2.22. The number of carbonyl (C=O) groups is 1. The third-order valence-electron chi connectivity index (χ3n) is 2.74. The van der Waals surface area contributed by atoms with Crippen LogP contribution in [0.25, 0.3) is 0 Å². The van der Waals surface area contributed by atoms with Crippen molar-refractivity contribution in [1.82, 2.24) is 4.98 Å². The van der Waals surface area contributed by atoms with Gasteiger partial charge in [0.15, 0.2) is 0 Å². The predicted molar refractivity (Wildman–Crippen MR) is 69.8 cm³/mol. The van der Waals surface area contributed by atoms with Crippen LogP contribution >= 0.6 is 0 Å². The molecular formula is C14H14N2O2. The molecule has 2 rings (SSSR count). The molecule has 0 aliphatic rings. The molecule has 1 aromatic carbocycles. The van der Waals surface area contributed by atoms with Crippen LogP contribution in [0.3, 0.4) is 0 Å². The first-order chi connectivity index (χ1) is 8.59. The first-order valence-electron chi connectivity index (χ1n) is 5.61. The third-order valence-corrected chi connectivity index (χ3v) is 2.74. The van der Waals surface area contributed by atoms with Crippen molar-refractivity contribution in [2.45, 2.75) is 13.8 Å². The number of pyridine rings is 1. The number of aryl methyl sites for hydroxylation is 2. The molecule has 0 bridgehead atoms. The van der Waals surface area contributed by atoms with Gasteiger partial charge in [0.25, 0.3) is 5.91 Å². The fourth-order valence-electron chi connectivity index (χ4n) is 1.65. The van der Waals surface area contributed by atoms with Gasteiger partial charge in [-0.2, -0.15) is 0 Å². The van der Waals surface area contributed by atoms with Gasteiger partial charge in [-0.1, -0.05) is 12.1 Å². The Balaban J connectivity index is 2.28. The fraction of sp³-hybridized carbons (Fsp3) is 0.143. The van der Waals surface area contributed by atoms with E-state index in [1.807, 2.05) is 6.92 Å². The molecule has 2 N–H and O–H groups in total. The minimum Gasteiger partial charge on any atom is -0.507 e. The summed E-state index contributed by atoms with van der Waals surface area (Å²) in [7, 11) is 0. The largest absolute Gasteiger partial charge is 0.507 e. The topological polar surface area (TPSA) is 62.2 Å². The minimum atomic E-state index is -0.340. The second-order valence-electron chi connectivity index (χ2n) is 4.06. The molecule has 18 heavy (non-hydrogen) atoms. The molecule has 0 unspecified atom stereocenters. The number of nitrogens with one attached hydrogen (secondary N) is 1. The number of phenols is 1. The van der Waals surface area contributed by atoms with E-state index in [4.69, 9.17) is 0 Å². The van der Waals surface area contributed by atoms with Gasteiger partial charge in [-0.3, -0.25) is 9.78 Å². The number of nitrogens with zero attached hydrogens (tertiary/aromatic N) is 1. The molecule has 4 heteroatoms. The smallest absolute Gasteiger partial charge is 0.259 e. The van der Waals surface area contributed by atoms with Crippen LogP contribution in [-0.2, 0) is 0 Å². The number of para-hydroxylation sites is 1. The molecule has 4 nitrogen and oxygen atoms in total. The highest BCUT2D eigenvalue weighted by molar-refractivity contribution is 6.06. The highest BCUT2D eigenvalue weighted by Gasteiger charge is 2.13. The summed E-state index contributed by atoms with van der Waals surface area (Å²) in [5.74, 6) is -0.330. The van der Waals surface area contributed by atoms with Gasteiger partial charge in [-0.05, 0) is 37.6 Å². The number of aromatic nitrogens is 1. The molecular weight excluding hydrogens is 228 g/mol. The van der Waals surface area contributed by atoms with E-state index in [1.54, 1.807) is 43.5 Å². The second-order valence-corrected chi connectivity index (χ2v) is 4.06. The molecule has 1 heterocycles. The molecule has 0 spiro atoms. The zero-order valence-electron chi connectivity index (χ0n) is 10.3. The molecule has 1 aromatic heterocycles. The minimum absolute atomic E-state index is 0.0107. The van der Waals surface area contributed by atoms with Crippen molar-refractivity contribution >= 4 is 11.6 Å². The van der Waals surface area contributed by atoms with E-state index in [2.05, 4.69) is 10.3 Å². The van der Waals surface area contributed by atoms with Crippen LogP contribution in [0.1, 0.15) is 21.6 Å². The van der Waals surface area contributed by atoms with Crippen LogP contribution in [-0.4, -0.2) is 16.0 Å². The summed E-state index contributed by atoms with van der Waals surface area (Å²) in [6, 6.07) is 8.59. The van der Waals surface area contributed by atoms with E-state index < -0.39 is 0 Å². The zero-order valence-corrected chi connectivity index (χ0v) is 10.3. The van der Waals surface area contributed by atoms with Crippen molar-refractivity contribution in [1.29, 1.82) is 0 Å². The molecule has 0 aliphatic heterocycles. The average molecular weight is 242 g/mol. The molecule has 0 radical (unpaired) electrons.